The van der Waals surface area contributed by atoms with Crippen molar-refractivity contribution in [2.24, 2.45) is 5.10 Å². The summed E-state index contributed by atoms with van der Waals surface area (Å²) in [5, 5.41) is 26.3. The van der Waals surface area contributed by atoms with Gasteiger partial charge in [-0.25, -0.2) is 5.43 Å². The third-order valence-corrected chi connectivity index (χ3v) is 3.65. The van der Waals surface area contributed by atoms with Crippen molar-refractivity contribution in [3.05, 3.63) is 81.9 Å². The summed E-state index contributed by atoms with van der Waals surface area (Å²) < 4.78 is 0. The van der Waals surface area contributed by atoms with E-state index in [9.17, 15) is 20.0 Å². The molecule has 0 spiro atoms. The van der Waals surface area contributed by atoms with Crippen LogP contribution in [0.3, 0.4) is 0 Å². The summed E-state index contributed by atoms with van der Waals surface area (Å²) >= 11 is 0. The molecule has 0 unspecified atom stereocenters. The quantitative estimate of drug-likeness (QED) is 0.434. The minimum absolute atomic E-state index is 0.0680. The molecular formula is C18H13N3O4. The molecule has 0 heterocycles. The summed E-state index contributed by atoms with van der Waals surface area (Å²) in [6.07, 6.45) is 1.19. The first-order valence-electron chi connectivity index (χ1n) is 7.35. The number of aromatic hydroxyl groups is 1. The zero-order valence-electron chi connectivity index (χ0n) is 12.9. The molecule has 0 radical (unpaired) electrons. The molecule has 0 atom stereocenters. The number of fused-ring (bicyclic) bond motifs is 1. The Kier molecular flexibility index (Phi) is 4.38. The zero-order valence-corrected chi connectivity index (χ0v) is 12.9. The molecule has 0 aliphatic heterocycles. The summed E-state index contributed by atoms with van der Waals surface area (Å²) in [7, 11) is 0. The molecule has 0 aliphatic carbocycles. The zero-order chi connectivity index (χ0) is 17.8. The molecule has 0 aromatic heterocycles. The van der Waals surface area contributed by atoms with Crippen LogP contribution in [0.1, 0.15) is 15.9 Å². The predicted molar refractivity (Wildman–Crippen MR) is 93.8 cm³/mol. The first-order valence-corrected chi connectivity index (χ1v) is 7.35. The number of amides is 1. The van der Waals surface area contributed by atoms with Crippen molar-refractivity contribution >= 4 is 28.6 Å². The van der Waals surface area contributed by atoms with Crippen LogP contribution in [0.5, 0.6) is 5.75 Å². The van der Waals surface area contributed by atoms with E-state index in [0.717, 1.165) is 5.39 Å². The largest absolute Gasteiger partial charge is 0.506 e. The van der Waals surface area contributed by atoms with Gasteiger partial charge in [-0.1, -0.05) is 42.5 Å². The highest BCUT2D eigenvalue weighted by Gasteiger charge is 2.14. The lowest BCUT2D eigenvalue weighted by Crippen LogP contribution is -2.17. The second-order valence-corrected chi connectivity index (χ2v) is 5.20. The molecule has 124 valence electrons. The Labute approximate surface area is 142 Å². The Morgan fingerprint density at radius 1 is 1.08 bits per heavy atom. The van der Waals surface area contributed by atoms with Gasteiger partial charge in [-0.05, 0) is 17.5 Å². The number of hydrogen-bond donors (Lipinski definition) is 2. The number of nitro benzene ring substituents is 1. The smallest absolute Gasteiger partial charge is 0.278 e. The van der Waals surface area contributed by atoms with Gasteiger partial charge in [0.2, 0.25) is 0 Å². The van der Waals surface area contributed by atoms with Crippen LogP contribution in [0.15, 0.2) is 65.8 Å². The van der Waals surface area contributed by atoms with E-state index in [1.807, 2.05) is 12.1 Å². The van der Waals surface area contributed by atoms with Crippen LogP contribution in [-0.2, 0) is 0 Å². The van der Waals surface area contributed by atoms with Crippen LogP contribution in [0.2, 0.25) is 0 Å². The number of hydrogen-bond acceptors (Lipinski definition) is 5. The van der Waals surface area contributed by atoms with Gasteiger partial charge >= 0.3 is 0 Å². The fourth-order valence-corrected chi connectivity index (χ4v) is 2.42. The van der Waals surface area contributed by atoms with Crippen LogP contribution in [0.25, 0.3) is 10.8 Å². The number of phenolic OH excluding ortho intramolecular Hbond substituents is 1. The highest BCUT2D eigenvalue weighted by Crippen LogP contribution is 2.28. The molecular weight excluding hydrogens is 322 g/mol. The van der Waals surface area contributed by atoms with E-state index in [0.29, 0.717) is 5.39 Å². The van der Waals surface area contributed by atoms with Gasteiger partial charge in [0.15, 0.2) is 0 Å². The van der Waals surface area contributed by atoms with Crippen molar-refractivity contribution in [1.82, 2.24) is 5.43 Å². The fraction of sp³-hybridized carbons (Fsp3) is 0. The molecule has 7 nitrogen and oxygen atoms in total. The Morgan fingerprint density at radius 3 is 2.60 bits per heavy atom. The van der Waals surface area contributed by atoms with Gasteiger partial charge in [-0.15, -0.1) is 0 Å². The van der Waals surface area contributed by atoms with Crippen molar-refractivity contribution in [1.29, 1.82) is 0 Å². The Balaban J connectivity index is 1.82. The van der Waals surface area contributed by atoms with Gasteiger partial charge in [0.1, 0.15) is 5.75 Å². The van der Waals surface area contributed by atoms with Gasteiger partial charge in [-0.3, -0.25) is 14.9 Å². The average molecular weight is 335 g/mol. The van der Waals surface area contributed by atoms with Crippen LogP contribution >= 0.6 is 0 Å². The number of rotatable bonds is 4. The second kappa shape index (κ2) is 6.79. The van der Waals surface area contributed by atoms with E-state index in [1.165, 1.54) is 24.4 Å². The summed E-state index contributed by atoms with van der Waals surface area (Å²) in [5.41, 5.74) is 2.48. The van der Waals surface area contributed by atoms with Crippen LogP contribution in [0.4, 0.5) is 5.69 Å². The third kappa shape index (κ3) is 3.30. The summed E-state index contributed by atoms with van der Waals surface area (Å²) in [6.45, 7) is 0. The van der Waals surface area contributed by atoms with Crippen molar-refractivity contribution in [3.8, 4) is 5.75 Å². The molecule has 0 fully saturated rings. The topological polar surface area (TPSA) is 105 Å². The molecule has 25 heavy (non-hydrogen) atoms. The lowest BCUT2D eigenvalue weighted by Gasteiger charge is -2.06. The number of carbonyl (C=O) groups is 1. The molecule has 7 heteroatoms. The molecule has 3 aromatic rings. The SMILES string of the molecule is O=C(N/N=C/c1ccccc1[N+](=O)[O-])c1ccc2ccccc2c1O. The van der Waals surface area contributed by atoms with E-state index in [2.05, 4.69) is 10.5 Å². The van der Waals surface area contributed by atoms with Gasteiger partial charge in [0, 0.05) is 11.5 Å². The normalized spacial score (nSPS) is 10.9. The molecule has 0 bridgehead atoms. The monoisotopic (exact) mass is 335 g/mol. The lowest BCUT2D eigenvalue weighted by molar-refractivity contribution is -0.385. The maximum absolute atomic E-state index is 12.2. The van der Waals surface area contributed by atoms with Crippen LogP contribution in [-0.4, -0.2) is 22.2 Å². The maximum atomic E-state index is 12.2. The first-order chi connectivity index (χ1) is 12.1. The summed E-state index contributed by atoms with van der Waals surface area (Å²) in [6, 6.07) is 16.4. The predicted octanol–water partition coefficient (Wildman–Crippen LogP) is 3.22. The number of nitrogens with one attached hydrogen (secondary N) is 1. The lowest BCUT2D eigenvalue weighted by atomic mass is 10.1. The molecule has 2 N–H and O–H groups in total. The Hall–Kier alpha value is -3.74. The van der Waals surface area contributed by atoms with Gasteiger partial charge in [0.05, 0.1) is 22.3 Å². The van der Waals surface area contributed by atoms with Crippen LogP contribution < -0.4 is 5.43 Å². The molecule has 0 saturated carbocycles. The van der Waals surface area contributed by atoms with Gasteiger partial charge in [0.25, 0.3) is 11.6 Å². The van der Waals surface area contributed by atoms with Crippen molar-refractivity contribution in [2.75, 3.05) is 0 Å². The van der Waals surface area contributed by atoms with E-state index in [1.54, 1.807) is 30.3 Å². The average Bonchev–Trinajstić information content (AvgIpc) is 2.62. The highest BCUT2D eigenvalue weighted by molar-refractivity contribution is 6.03. The number of para-hydroxylation sites is 1. The Morgan fingerprint density at radius 2 is 1.80 bits per heavy atom. The van der Waals surface area contributed by atoms with Crippen molar-refractivity contribution in [2.45, 2.75) is 0 Å². The highest BCUT2D eigenvalue weighted by atomic mass is 16.6. The maximum Gasteiger partial charge on any atom is 0.278 e. The number of benzene rings is 3. The molecule has 0 saturated heterocycles. The standard InChI is InChI=1S/C18H13N3O4/c22-17-14-7-3-1-5-12(14)9-10-15(17)18(23)20-19-11-13-6-2-4-8-16(13)21(24)25/h1-11,22H,(H,20,23)/b19-11+. The van der Waals surface area contributed by atoms with Gasteiger partial charge in [-0.2, -0.15) is 5.10 Å². The Bertz CT molecular complexity index is 999. The van der Waals surface area contributed by atoms with E-state index in [4.69, 9.17) is 0 Å². The summed E-state index contributed by atoms with van der Waals surface area (Å²) in [4.78, 5) is 22.6. The minimum atomic E-state index is -0.613. The molecule has 3 rings (SSSR count). The molecule has 3 aromatic carbocycles. The molecule has 1 amide bonds. The molecule has 0 aliphatic rings. The first kappa shape index (κ1) is 16.1. The van der Waals surface area contributed by atoms with E-state index < -0.39 is 10.8 Å². The fourth-order valence-electron chi connectivity index (χ4n) is 2.42. The minimum Gasteiger partial charge on any atom is -0.506 e. The number of phenols is 1. The summed E-state index contributed by atoms with van der Waals surface area (Å²) in [5.74, 6) is -0.755. The van der Waals surface area contributed by atoms with E-state index >= 15 is 0 Å². The number of nitrogens with zero attached hydrogens (tertiary/aromatic N) is 2. The number of carbonyl (C=O) groups excluding carboxylic acids is 1. The third-order valence-electron chi connectivity index (χ3n) is 3.65. The van der Waals surface area contributed by atoms with Gasteiger partial charge < -0.3 is 5.11 Å². The van der Waals surface area contributed by atoms with Crippen molar-refractivity contribution < 1.29 is 14.8 Å². The van der Waals surface area contributed by atoms with Crippen LogP contribution in [0, 0.1) is 10.1 Å². The number of nitro groups is 1. The van der Waals surface area contributed by atoms with E-state index in [-0.39, 0.29) is 22.6 Å². The number of hydrazone groups is 1. The second-order valence-electron chi connectivity index (χ2n) is 5.20. The van der Waals surface area contributed by atoms with Crippen molar-refractivity contribution in [3.63, 3.8) is 0 Å².